The van der Waals surface area contributed by atoms with Crippen molar-refractivity contribution in [3.8, 4) is 11.5 Å². The number of methoxy groups -OCH3 is 1. The Morgan fingerprint density at radius 1 is 1.07 bits per heavy atom. The standard InChI is InChI=1S/C22H23NO4/c1-4-21(24)26-14-19-18-12-20(25-3)15(2)22(17(18)10-11-23-19)27-13-16-8-6-5-7-9-16/h5-12H,4,13-14H2,1-3H3. The first-order valence-corrected chi connectivity index (χ1v) is 8.91. The van der Waals surface area contributed by atoms with Crippen LogP contribution >= 0.6 is 0 Å². The van der Waals surface area contributed by atoms with Gasteiger partial charge in [-0.25, -0.2) is 0 Å². The highest BCUT2D eigenvalue weighted by molar-refractivity contribution is 5.93. The third-order valence-corrected chi connectivity index (χ3v) is 4.41. The maximum absolute atomic E-state index is 11.5. The maximum atomic E-state index is 11.5. The lowest BCUT2D eigenvalue weighted by Gasteiger charge is -2.17. The molecule has 140 valence electrons. The highest BCUT2D eigenvalue weighted by Gasteiger charge is 2.16. The molecule has 1 heterocycles. The van der Waals surface area contributed by atoms with Crippen molar-refractivity contribution in [3.05, 3.63) is 65.5 Å². The number of benzene rings is 2. The molecule has 0 aliphatic carbocycles. The minimum absolute atomic E-state index is 0.119. The van der Waals surface area contributed by atoms with Crippen molar-refractivity contribution in [2.45, 2.75) is 33.5 Å². The molecular formula is C22H23NO4. The molecule has 0 fully saturated rings. The van der Waals surface area contributed by atoms with E-state index in [0.29, 0.717) is 24.5 Å². The number of hydrogen-bond acceptors (Lipinski definition) is 5. The highest BCUT2D eigenvalue weighted by Crippen LogP contribution is 2.37. The molecule has 0 aliphatic heterocycles. The Hall–Kier alpha value is -3.08. The number of pyridine rings is 1. The number of carbonyl (C=O) groups excluding carboxylic acids is 1. The zero-order valence-electron chi connectivity index (χ0n) is 15.8. The second kappa shape index (κ2) is 8.54. The topological polar surface area (TPSA) is 57.7 Å². The number of rotatable bonds is 7. The van der Waals surface area contributed by atoms with Crippen molar-refractivity contribution >= 4 is 16.7 Å². The fourth-order valence-electron chi connectivity index (χ4n) is 2.92. The first-order valence-electron chi connectivity index (χ1n) is 8.91. The molecule has 0 aliphatic rings. The van der Waals surface area contributed by atoms with Crippen LogP contribution < -0.4 is 9.47 Å². The van der Waals surface area contributed by atoms with Gasteiger partial charge in [0.15, 0.2) is 0 Å². The van der Waals surface area contributed by atoms with Crippen LogP contribution in [-0.2, 0) is 22.7 Å². The van der Waals surface area contributed by atoms with E-state index in [-0.39, 0.29) is 12.6 Å². The third kappa shape index (κ3) is 4.19. The largest absolute Gasteiger partial charge is 0.496 e. The van der Waals surface area contributed by atoms with E-state index in [1.165, 1.54) is 0 Å². The quantitative estimate of drug-likeness (QED) is 0.574. The Kier molecular flexibility index (Phi) is 5.91. The summed E-state index contributed by atoms with van der Waals surface area (Å²) in [5, 5.41) is 1.77. The fraction of sp³-hybridized carbons (Fsp3) is 0.273. The van der Waals surface area contributed by atoms with Gasteiger partial charge < -0.3 is 14.2 Å². The van der Waals surface area contributed by atoms with E-state index in [9.17, 15) is 4.79 Å². The average Bonchev–Trinajstić information content (AvgIpc) is 2.71. The van der Waals surface area contributed by atoms with Gasteiger partial charge in [-0.05, 0) is 24.6 Å². The van der Waals surface area contributed by atoms with Crippen LogP contribution in [0.15, 0.2) is 48.7 Å². The molecule has 5 nitrogen and oxygen atoms in total. The van der Waals surface area contributed by atoms with Gasteiger partial charge in [0.05, 0.1) is 12.8 Å². The van der Waals surface area contributed by atoms with E-state index < -0.39 is 0 Å². The Bertz CT molecular complexity index is 938. The number of ether oxygens (including phenoxy) is 3. The Balaban J connectivity index is 2.00. The van der Waals surface area contributed by atoms with Gasteiger partial charge in [-0.3, -0.25) is 9.78 Å². The molecule has 1 aromatic heterocycles. The summed E-state index contributed by atoms with van der Waals surface area (Å²) < 4.78 is 17.0. The lowest BCUT2D eigenvalue weighted by molar-refractivity contribution is -0.144. The molecule has 0 amide bonds. The molecule has 3 aromatic rings. The Labute approximate surface area is 158 Å². The van der Waals surface area contributed by atoms with Gasteiger partial charge in [0, 0.05) is 29.0 Å². The van der Waals surface area contributed by atoms with Crippen LogP contribution in [0.4, 0.5) is 0 Å². The predicted octanol–water partition coefficient (Wildman–Crippen LogP) is 4.58. The average molecular weight is 365 g/mol. The van der Waals surface area contributed by atoms with E-state index in [0.717, 1.165) is 27.6 Å². The Morgan fingerprint density at radius 2 is 1.85 bits per heavy atom. The summed E-state index contributed by atoms with van der Waals surface area (Å²) in [7, 11) is 1.63. The third-order valence-electron chi connectivity index (χ3n) is 4.41. The smallest absolute Gasteiger partial charge is 0.305 e. The van der Waals surface area contributed by atoms with Gasteiger partial charge in [-0.1, -0.05) is 37.3 Å². The van der Waals surface area contributed by atoms with Crippen LogP contribution in [0.2, 0.25) is 0 Å². The molecule has 0 bridgehead atoms. The van der Waals surface area contributed by atoms with E-state index in [1.54, 1.807) is 20.2 Å². The fourth-order valence-corrected chi connectivity index (χ4v) is 2.92. The molecule has 27 heavy (non-hydrogen) atoms. The number of nitrogens with zero attached hydrogens (tertiary/aromatic N) is 1. The minimum atomic E-state index is -0.256. The lowest BCUT2D eigenvalue weighted by Crippen LogP contribution is -2.05. The number of aromatic nitrogens is 1. The van der Waals surface area contributed by atoms with Crippen LogP contribution in [0.3, 0.4) is 0 Å². The highest BCUT2D eigenvalue weighted by atomic mass is 16.5. The molecular weight excluding hydrogens is 342 g/mol. The van der Waals surface area contributed by atoms with Crippen molar-refractivity contribution in [3.63, 3.8) is 0 Å². The molecule has 3 rings (SSSR count). The van der Waals surface area contributed by atoms with Crippen molar-refractivity contribution in [2.75, 3.05) is 7.11 Å². The maximum Gasteiger partial charge on any atom is 0.305 e. The summed E-state index contributed by atoms with van der Waals surface area (Å²) in [4.78, 5) is 15.9. The van der Waals surface area contributed by atoms with Gasteiger partial charge in [-0.15, -0.1) is 0 Å². The van der Waals surface area contributed by atoms with Gasteiger partial charge in [-0.2, -0.15) is 0 Å². The first kappa shape index (κ1) is 18.7. The predicted molar refractivity (Wildman–Crippen MR) is 104 cm³/mol. The van der Waals surface area contributed by atoms with Crippen LogP contribution in [0.5, 0.6) is 11.5 Å². The normalized spacial score (nSPS) is 10.6. The van der Waals surface area contributed by atoms with Gasteiger partial charge in [0.2, 0.25) is 0 Å². The van der Waals surface area contributed by atoms with Crippen LogP contribution in [0.25, 0.3) is 10.8 Å². The summed E-state index contributed by atoms with van der Waals surface area (Å²) in [6.07, 6.45) is 2.04. The van der Waals surface area contributed by atoms with Crippen LogP contribution in [0, 0.1) is 6.92 Å². The summed E-state index contributed by atoms with van der Waals surface area (Å²) in [6.45, 7) is 4.30. The molecule has 0 unspecified atom stereocenters. The minimum Gasteiger partial charge on any atom is -0.496 e. The van der Waals surface area contributed by atoms with Gasteiger partial charge in [0.25, 0.3) is 0 Å². The SMILES string of the molecule is CCC(=O)OCc1nccc2c(OCc3ccccc3)c(C)c(OC)cc12. The molecule has 5 heteroatoms. The van der Waals surface area contributed by atoms with Crippen LogP contribution in [-0.4, -0.2) is 18.1 Å². The van der Waals surface area contributed by atoms with Crippen molar-refractivity contribution in [1.82, 2.24) is 4.98 Å². The Morgan fingerprint density at radius 3 is 2.56 bits per heavy atom. The number of esters is 1. The second-order valence-corrected chi connectivity index (χ2v) is 6.17. The number of fused-ring (bicyclic) bond motifs is 1. The van der Waals surface area contributed by atoms with Gasteiger partial charge >= 0.3 is 5.97 Å². The van der Waals surface area contributed by atoms with E-state index in [2.05, 4.69) is 4.98 Å². The summed E-state index contributed by atoms with van der Waals surface area (Å²) in [6, 6.07) is 13.8. The van der Waals surface area contributed by atoms with E-state index in [1.807, 2.05) is 49.4 Å². The summed E-state index contributed by atoms with van der Waals surface area (Å²) >= 11 is 0. The molecule has 0 saturated heterocycles. The zero-order chi connectivity index (χ0) is 19.2. The molecule has 0 radical (unpaired) electrons. The van der Waals surface area contributed by atoms with E-state index >= 15 is 0 Å². The molecule has 0 N–H and O–H groups in total. The lowest BCUT2D eigenvalue weighted by atomic mass is 10.0. The first-order chi connectivity index (χ1) is 13.1. The second-order valence-electron chi connectivity index (χ2n) is 6.17. The monoisotopic (exact) mass is 365 g/mol. The molecule has 2 aromatic carbocycles. The molecule has 0 spiro atoms. The van der Waals surface area contributed by atoms with Crippen LogP contribution in [0.1, 0.15) is 30.2 Å². The zero-order valence-corrected chi connectivity index (χ0v) is 15.8. The number of carbonyl (C=O) groups is 1. The van der Waals surface area contributed by atoms with Gasteiger partial charge in [0.1, 0.15) is 24.7 Å². The summed E-state index contributed by atoms with van der Waals surface area (Å²) in [5.41, 5.74) is 2.68. The van der Waals surface area contributed by atoms with E-state index in [4.69, 9.17) is 14.2 Å². The molecule has 0 saturated carbocycles. The summed E-state index contributed by atoms with van der Waals surface area (Å²) in [5.74, 6) is 1.20. The molecule has 0 atom stereocenters. The number of hydrogen-bond donors (Lipinski definition) is 0. The van der Waals surface area contributed by atoms with Crippen molar-refractivity contribution < 1.29 is 19.0 Å². The van der Waals surface area contributed by atoms with Crippen molar-refractivity contribution in [1.29, 1.82) is 0 Å². The van der Waals surface area contributed by atoms with Crippen molar-refractivity contribution in [2.24, 2.45) is 0 Å².